The van der Waals surface area contributed by atoms with E-state index in [1.54, 1.807) is 18.7 Å². The van der Waals surface area contributed by atoms with Crippen LogP contribution in [0.3, 0.4) is 0 Å². The van der Waals surface area contributed by atoms with Crippen molar-refractivity contribution in [2.24, 2.45) is 0 Å². The van der Waals surface area contributed by atoms with Crippen LogP contribution in [0.4, 0.5) is 11.4 Å². The normalized spacial score (nSPS) is 26.4. The van der Waals surface area contributed by atoms with Gasteiger partial charge in [0.05, 0.1) is 18.4 Å². The van der Waals surface area contributed by atoms with Gasteiger partial charge in [0.25, 0.3) is 5.91 Å². The highest BCUT2D eigenvalue weighted by molar-refractivity contribution is 6.14. The highest BCUT2D eigenvalue weighted by Gasteiger charge is 2.44. The Bertz CT molecular complexity index is 621. The second-order valence-electron chi connectivity index (χ2n) is 7.14. The van der Waals surface area contributed by atoms with Gasteiger partial charge in [-0.1, -0.05) is 12.1 Å². The molecule has 2 aliphatic heterocycles. The molecule has 0 bridgehead atoms. The first kappa shape index (κ1) is 16.0. The van der Waals surface area contributed by atoms with Crippen molar-refractivity contribution >= 4 is 23.2 Å². The van der Waals surface area contributed by atoms with Crippen molar-refractivity contribution < 1.29 is 19.4 Å². The van der Waals surface area contributed by atoms with Gasteiger partial charge in [-0.3, -0.25) is 14.5 Å². The van der Waals surface area contributed by atoms with Crippen LogP contribution in [0.15, 0.2) is 24.3 Å². The molecule has 23 heavy (non-hydrogen) atoms. The number of amides is 2. The minimum absolute atomic E-state index is 0.0202. The second-order valence-corrected chi connectivity index (χ2v) is 7.14. The number of fused-ring (bicyclic) bond motifs is 1. The first-order valence-corrected chi connectivity index (χ1v) is 8.28. The molecule has 1 aromatic carbocycles. The molecule has 0 atom stereocenters. The summed E-state index contributed by atoms with van der Waals surface area (Å²) in [6, 6.07) is 7.51. The highest BCUT2D eigenvalue weighted by Crippen LogP contribution is 2.36. The van der Waals surface area contributed by atoms with Crippen molar-refractivity contribution in [3.63, 3.8) is 0 Å². The Morgan fingerprint density at radius 3 is 2.57 bits per heavy atom. The van der Waals surface area contributed by atoms with Crippen LogP contribution >= 0.6 is 0 Å². The molecular formula is C17H26N4O2+2. The molecule has 2 heterocycles. The largest absolute Gasteiger partial charge is 0.328 e. The van der Waals surface area contributed by atoms with Crippen LogP contribution in [0.25, 0.3) is 0 Å². The zero-order valence-corrected chi connectivity index (χ0v) is 14.1. The number of para-hydroxylation sites is 2. The number of likely N-dealkylation sites (N-methyl/N-ethyl adjacent to an activating group) is 1. The van der Waals surface area contributed by atoms with Crippen molar-refractivity contribution in [2.75, 3.05) is 50.0 Å². The van der Waals surface area contributed by atoms with Crippen molar-refractivity contribution in [1.29, 1.82) is 0 Å². The molecule has 1 saturated heterocycles. The van der Waals surface area contributed by atoms with Crippen molar-refractivity contribution in [1.82, 2.24) is 0 Å². The molecule has 6 nitrogen and oxygen atoms in total. The average molecular weight is 318 g/mol. The van der Waals surface area contributed by atoms with Gasteiger partial charge in [0, 0.05) is 0 Å². The lowest BCUT2D eigenvalue weighted by atomic mass is 9.96. The summed E-state index contributed by atoms with van der Waals surface area (Å²) >= 11 is 0. The third kappa shape index (κ3) is 2.96. The van der Waals surface area contributed by atoms with Gasteiger partial charge in [-0.25, -0.2) is 0 Å². The van der Waals surface area contributed by atoms with Crippen molar-refractivity contribution in [2.45, 2.75) is 19.4 Å². The average Bonchev–Trinajstić information content (AvgIpc) is 2.50. The smallest absolute Gasteiger partial charge is 0.283 e. The Kier molecular flexibility index (Phi) is 4.12. The lowest BCUT2D eigenvalue weighted by Crippen LogP contribution is -3.27. The number of anilines is 2. The lowest BCUT2D eigenvalue weighted by molar-refractivity contribution is -1.000. The van der Waals surface area contributed by atoms with Gasteiger partial charge in [-0.15, -0.1) is 0 Å². The number of benzene rings is 1. The molecule has 1 fully saturated rings. The fraction of sp³-hybridized carbons (Fsp3) is 0.529. The number of rotatable bonds is 2. The summed E-state index contributed by atoms with van der Waals surface area (Å²) < 4.78 is 0. The van der Waals surface area contributed by atoms with E-state index in [0.717, 1.165) is 31.9 Å². The fourth-order valence-corrected chi connectivity index (χ4v) is 3.40. The first-order chi connectivity index (χ1) is 10.9. The Hall–Kier alpha value is -1.92. The molecule has 0 aromatic heterocycles. The maximum atomic E-state index is 13.0. The van der Waals surface area contributed by atoms with Gasteiger partial charge < -0.3 is 15.1 Å². The van der Waals surface area contributed by atoms with Gasteiger partial charge in [0.2, 0.25) is 5.91 Å². The maximum absolute atomic E-state index is 13.0. The number of nitrogens with zero attached hydrogens (tertiary/aromatic N) is 1. The topological polar surface area (TPSA) is 58.3 Å². The quantitative estimate of drug-likeness (QED) is 0.600. The molecule has 0 aliphatic carbocycles. The second kappa shape index (κ2) is 5.94. The maximum Gasteiger partial charge on any atom is 0.283 e. The Morgan fingerprint density at radius 2 is 1.87 bits per heavy atom. The van der Waals surface area contributed by atoms with E-state index >= 15 is 0 Å². The Labute approximate surface area is 137 Å². The monoisotopic (exact) mass is 318 g/mol. The number of hydrogen-bond acceptors (Lipinski definition) is 2. The van der Waals surface area contributed by atoms with Crippen LogP contribution in [-0.2, 0) is 9.59 Å². The molecule has 1 aromatic rings. The zero-order chi connectivity index (χ0) is 16.6. The van der Waals surface area contributed by atoms with Crippen LogP contribution in [0.2, 0.25) is 0 Å². The summed E-state index contributed by atoms with van der Waals surface area (Å²) in [7, 11) is 2.19. The van der Waals surface area contributed by atoms with E-state index in [-0.39, 0.29) is 11.8 Å². The number of nitrogens with one attached hydrogen (secondary N) is 3. The van der Waals surface area contributed by atoms with E-state index in [2.05, 4.69) is 12.4 Å². The Morgan fingerprint density at radius 1 is 1.22 bits per heavy atom. The minimum Gasteiger partial charge on any atom is -0.328 e. The van der Waals surface area contributed by atoms with Gasteiger partial charge in [-0.2, -0.15) is 0 Å². The van der Waals surface area contributed by atoms with Crippen molar-refractivity contribution in [3.8, 4) is 0 Å². The van der Waals surface area contributed by atoms with E-state index in [1.807, 2.05) is 24.3 Å². The predicted octanol–water partition coefficient (Wildman–Crippen LogP) is -1.84. The molecule has 0 radical (unpaired) electrons. The summed E-state index contributed by atoms with van der Waals surface area (Å²) in [4.78, 5) is 29.9. The predicted molar refractivity (Wildman–Crippen MR) is 88.8 cm³/mol. The number of piperazine rings is 1. The summed E-state index contributed by atoms with van der Waals surface area (Å²) in [5.41, 5.74) is 0.632. The summed E-state index contributed by atoms with van der Waals surface area (Å²) in [6.07, 6.45) is 0. The summed E-state index contributed by atoms with van der Waals surface area (Å²) in [6.45, 7) is 8.23. The van der Waals surface area contributed by atoms with Gasteiger partial charge in [0.1, 0.15) is 31.7 Å². The molecule has 3 N–H and O–H groups in total. The van der Waals surface area contributed by atoms with E-state index < -0.39 is 5.54 Å². The van der Waals surface area contributed by atoms with Crippen LogP contribution in [0.1, 0.15) is 13.8 Å². The SMILES string of the molecule is C[NH+]1CC[NH+](CC(=O)N2c3ccccc3NC(=O)C2(C)C)CC1. The summed E-state index contributed by atoms with van der Waals surface area (Å²) in [5, 5.41) is 2.90. The molecule has 124 valence electrons. The van der Waals surface area contributed by atoms with E-state index in [1.165, 1.54) is 9.80 Å². The molecule has 0 spiro atoms. The number of carbonyl (C=O) groups excluding carboxylic acids is 2. The molecule has 0 saturated carbocycles. The molecule has 6 heteroatoms. The van der Waals surface area contributed by atoms with Crippen LogP contribution in [0.5, 0.6) is 0 Å². The van der Waals surface area contributed by atoms with Crippen LogP contribution in [-0.4, -0.2) is 57.1 Å². The number of hydrogen-bond donors (Lipinski definition) is 3. The summed E-state index contributed by atoms with van der Waals surface area (Å²) in [5.74, 6) is -0.116. The van der Waals surface area contributed by atoms with Crippen molar-refractivity contribution in [3.05, 3.63) is 24.3 Å². The van der Waals surface area contributed by atoms with Crippen LogP contribution in [0, 0.1) is 0 Å². The third-order valence-electron chi connectivity index (χ3n) is 4.97. The number of quaternary nitrogens is 2. The van der Waals surface area contributed by atoms with E-state index in [9.17, 15) is 9.59 Å². The lowest BCUT2D eigenvalue weighted by Gasteiger charge is -2.42. The third-order valence-corrected chi connectivity index (χ3v) is 4.97. The highest BCUT2D eigenvalue weighted by atomic mass is 16.2. The zero-order valence-electron chi connectivity index (χ0n) is 14.1. The Balaban J connectivity index is 1.84. The van der Waals surface area contributed by atoms with Crippen LogP contribution < -0.4 is 20.0 Å². The van der Waals surface area contributed by atoms with E-state index in [4.69, 9.17) is 0 Å². The standard InChI is InChI=1S/C17H24N4O2/c1-17(2)16(23)18-13-6-4-5-7-14(13)21(17)15(22)12-20-10-8-19(3)9-11-20/h4-7H,8-12H2,1-3H3,(H,18,23)/p+2. The molecule has 3 rings (SSSR count). The first-order valence-electron chi connectivity index (χ1n) is 8.28. The fourth-order valence-electron chi connectivity index (χ4n) is 3.40. The minimum atomic E-state index is -0.872. The molecule has 2 aliphatic rings. The van der Waals surface area contributed by atoms with E-state index in [0.29, 0.717) is 12.2 Å². The molecular weight excluding hydrogens is 292 g/mol. The molecule has 0 unspecified atom stereocenters. The van der Waals surface area contributed by atoms with Gasteiger partial charge >= 0.3 is 0 Å². The van der Waals surface area contributed by atoms with Gasteiger partial charge in [0.15, 0.2) is 6.54 Å². The molecule has 2 amide bonds. The van der Waals surface area contributed by atoms with Gasteiger partial charge in [-0.05, 0) is 26.0 Å². The number of carbonyl (C=O) groups is 2.